The van der Waals surface area contributed by atoms with E-state index in [0.717, 1.165) is 5.56 Å². The summed E-state index contributed by atoms with van der Waals surface area (Å²) in [5, 5.41) is 12.2. The largest absolute Gasteiger partial charge is 0.482 e. The number of nitrogens with zero attached hydrogens (tertiary/aromatic N) is 3. The summed E-state index contributed by atoms with van der Waals surface area (Å²) in [4.78, 5) is 31.0. The Kier molecular flexibility index (Phi) is 7.46. The Balaban J connectivity index is 1.59. The predicted molar refractivity (Wildman–Crippen MR) is 130 cm³/mol. The van der Waals surface area contributed by atoms with Crippen LogP contribution >= 0.6 is 0 Å². The van der Waals surface area contributed by atoms with E-state index < -0.39 is 17.6 Å². The SMILES string of the molecule is CC1(C)OCCn2c1nc(CC(=O)NC(C#N)Cc1ccc(F)cc1)c(OCc1ccccc1)c2=O. The maximum absolute atomic E-state index is 13.4. The highest BCUT2D eigenvalue weighted by atomic mass is 19.1. The number of nitriles is 1. The van der Waals surface area contributed by atoms with Crippen molar-refractivity contribution in [1.29, 1.82) is 5.26 Å². The predicted octanol–water partition coefficient (Wildman–Crippen LogP) is 3.02. The highest BCUT2D eigenvalue weighted by molar-refractivity contribution is 5.79. The molecular formula is C27H27FN4O4. The number of carbonyl (C=O) groups excluding carboxylic acids is 1. The highest BCUT2D eigenvalue weighted by Gasteiger charge is 2.34. The molecule has 9 heteroatoms. The molecule has 0 radical (unpaired) electrons. The number of amides is 1. The van der Waals surface area contributed by atoms with E-state index in [9.17, 15) is 19.2 Å². The summed E-state index contributed by atoms with van der Waals surface area (Å²) < 4.78 is 26.4. The molecule has 2 aromatic carbocycles. The Morgan fingerprint density at radius 1 is 1.22 bits per heavy atom. The van der Waals surface area contributed by atoms with Gasteiger partial charge in [-0.1, -0.05) is 42.5 Å². The van der Waals surface area contributed by atoms with Crippen LogP contribution in [0, 0.1) is 17.1 Å². The number of rotatable bonds is 8. The second-order valence-corrected chi connectivity index (χ2v) is 9.06. The second-order valence-electron chi connectivity index (χ2n) is 9.06. The molecule has 0 saturated carbocycles. The fourth-order valence-corrected chi connectivity index (χ4v) is 4.08. The summed E-state index contributed by atoms with van der Waals surface area (Å²) in [6, 6.07) is 16.3. The van der Waals surface area contributed by atoms with Gasteiger partial charge in [0.05, 0.1) is 31.3 Å². The fraction of sp³-hybridized carbons (Fsp3) is 0.333. The number of fused-ring (bicyclic) bond motifs is 1. The monoisotopic (exact) mass is 490 g/mol. The summed E-state index contributed by atoms with van der Waals surface area (Å²) >= 11 is 0. The number of halogens is 1. The molecule has 8 nitrogen and oxygen atoms in total. The van der Waals surface area contributed by atoms with Crippen molar-refractivity contribution < 1.29 is 18.7 Å². The molecule has 186 valence electrons. The first kappa shape index (κ1) is 25.1. The van der Waals surface area contributed by atoms with Crippen LogP contribution < -0.4 is 15.6 Å². The van der Waals surface area contributed by atoms with Crippen LogP contribution in [0.3, 0.4) is 0 Å². The summed E-state index contributed by atoms with van der Waals surface area (Å²) in [6.07, 6.45) is -0.0497. The molecular weight excluding hydrogens is 463 g/mol. The second kappa shape index (κ2) is 10.7. The van der Waals surface area contributed by atoms with Gasteiger partial charge < -0.3 is 14.8 Å². The molecule has 2 heterocycles. The first-order valence-electron chi connectivity index (χ1n) is 11.6. The number of ether oxygens (including phenoxy) is 2. The van der Waals surface area contributed by atoms with Gasteiger partial charge in [-0.3, -0.25) is 14.2 Å². The van der Waals surface area contributed by atoms with Crippen molar-refractivity contribution in [3.05, 3.63) is 93.4 Å². The quantitative estimate of drug-likeness (QED) is 0.520. The molecule has 1 amide bonds. The molecule has 1 aliphatic heterocycles. The van der Waals surface area contributed by atoms with Gasteiger partial charge in [0.1, 0.15) is 29.9 Å². The molecule has 1 aromatic heterocycles. The number of benzene rings is 2. The summed E-state index contributed by atoms with van der Waals surface area (Å²) in [5.74, 6) is -0.449. The maximum Gasteiger partial charge on any atom is 0.296 e. The van der Waals surface area contributed by atoms with Gasteiger partial charge in [-0.2, -0.15) is 5.26 Å². The van der Waals surface area contributed by atoms with Gasteiger partial charge in [-0.15, -0.1) is 0 Å². The van der Waals surface area contributed by atoms with Crippen LogP contribution in [-0.2, 0) is 41.1 Å². The van der Waals surface area contributed by atoms with Gasteiger partial charge in [-0.05, 0) is 37.1 Å². The Labute approximate surface area is 208 Å². The van der Waals surface area contributed by atoms with Crippen LogP contribution in [0.2, 0.25) is 0 Å². The third-order valence-corrected chi connectivity index (χ3v) is 5.91. The molecule has 0 saturated heterocycles. The van der Waals surface area contributed by atoms with Gasteiger partial charge in [-0.25, -0.2) is 9.37 Å². The third-order valence-electron chi connectivity index (χ3n) is 5.91. The van der Waals surface area contributed by atoms with Crippen molar-refractivity contribution in [2.45, 2.75) is 51.5 Å². The Bertz CT molecular complexity index is 1330. The van der Waals surface area contributed by atoms with Gasteiger partial charge in [0.25, 0.3) is 5.56 Å². The van der Waals surface area contributed by atoms with Crippen LogP contribution in [0.1, 0.15) is 36.5 Å². The first-order valence-corrected chi connectivity index (χ1v) is 11.6. The number of carbonyl (C=O) groups is 1. The smallest absolute Gasteiger partial charge is 0.296 e. The van der Waals surface area contributed by atoms with E-state index in [1.807, 2.05) is 44.2 Å². The van der Waals surface area contributed by atoms with Crippen molar-refractivity contribution in [3.63, 3.8) is 0 Å². The zero-order valence-corrected chi connectivity index (χ0v) is 20.2. The van der Waals surface area contributed by atoms with Gasteiger partial charge in [0, 0.05) is 6.42 Å². The Morgan fingerprint density at radius 2 is 1.94 bits per heavy atom. The molecule has 1 unspecified atom stereocenters. The first-order chi connectivity index (χ1) is 17.3. The summed E-state index contributed by atoms with van der Waals surface area (Å²) in [6.45, 7) is 4.44. The van der Waals surface area contributed by atoms with Gasteiger partial charge in [0.15, 0.2) is 0 Å². The lowest BCUT2D eigenvalue weighted by Crippen LogP contribution is -2.42. The van der Waals surface area contributed by atoms with Crippen molar-refractivity contribution >= 4 is 5.91 Å². The van der Waals surface area contributed by atoms with E-state index in [2.05, 4.69) is 16.4 Å². The summed E-state index contributed by atoms with van der Waals surface area (Å²) in [5.41, 5.74) is 0.551. The topological polar surface area (TPSA) is 106 Å². The zero-order chi connectivity index (χ0) is 25.7. The molecule has 0 spiro atoms. The molecule has 36 heavy (non-hydrogen) atoms. The van der Waals surface area contributed by atoms with Crippen LogP contribution in [0.4, 0.5) is 4.39 Å². The highest BCUT2D eigenvalue weighted by Crippen LogP contribution is 2.28. The molecule has 1 aliphatic rings. The van der Waals surface area contributed by atoms with Crippen molar-refractivity contribution in [3.8, 4) is 11.8 Å². The zero-order valence-electron chi connectivity index (χ0n) is 20.2. The number of hydrogen-bond acceptors (Lipinski definition) is 6. The Hall–Kier alpha value is -4.03. The van der Waals surface area contributed by atoms with E-state index >= 15 is 0 Å². The number of nitrogens with one attached hydrogen (secondary N) is 1. The number of hydrogen-bond donors (Lipinski definition) is 1. The lowest BCUT2D eigenvalue weighted by atomic mass is 10.1. The average Bonchev–Trinajstić information content (AvgIpc) is 2.86. The maximum atomic E-state index is 13.4. The Morgan fingerprint density at radius 3 is 2.64 bits per heavy atom. The molecule has 4 rings (SSSR count). The van der Waals surface area contributed by atoms with Crippen LogP contribution in [0.5, 0.6) is 5.75 Å². The van der Waals surface area contributed by atoms with Crippen LogP contribution in [-0.4, -0.2) is 28.1 Å². The van der Waals surface area contributed by atoms with E-state index in [4.69, 9.17) is 9.47 Å². The van der Waals surface area contributed by atoms with Crippen molar-refractivity contribution in [2.75, 3.05) is 6.61 Å². The minimum Gasteiger partial charge on any atom is -0.482 e. The van der Waals surface area contributed by atoms with E-state index in [1.165, 1.54) is 16.7 Å². The van der Waals surface area contributed by atoms with E-state index in [0.29, 0.717) is 24.5 Å². The molecule has 1 atom stereocenters. The summed E-state index contributed by atoms with van der Waals surface area (Å²) in [7, 11) is 0. The van der Waals surface area contributed by atoms with Crippen LogP contribution in [0.15, 0.2) is 59.4 Å². The lowest BCUT2D eigenvalue weighted by molar-refractivity contribution is -0.120. The minimum absolute atomic E-state index is 0.00231. The standard InChI is InChI=1S/C27H27FN4O4/c1-27(2)26-31-22(15-23(33)30-21(16-29)14-18-8-10-20(28)11-9-18)24(25(34)32(26)12-13-36-27)35-17-19-6-4-3-5-7-19/h3-11,21H,12-15,17H2,1-2H3,(H,30,33). The average molecular weight is 491 g/mol. The lowest BCUT2D eigenvalue weighted by Gasteiger charge is -2.33. The fourth-order valence-electron chi connectivity index (χ4n) is 4.08. The number of aromatic nitrogens is 2. The molecule has 0 bridgehead atoms. The normalized spacial score (nSPS) is 14.8. The van der Waals surface area contributed by atoms with Crippen molar-refractivity contribution in [2.24, 2.45) is 0 Å². The van der Waals surface area contributed by atoms with Crippen LogP contribution in [0.25, 0.3) is 0 Å². The minimum atomic E-state index is -0.838. The van der Waals surface area contributed by atoms with Gasteiger partial charge >= 0.3 is 0 Å². The third kappa shape index (κ3) is 5.78. The van der Waals surface area contributed by atoms with E-state index in [-0.39, 0.29) is 42.3 Å². The molecule has 1 N–H and O–H groups in total. The van der Waals surface area contributed by atoms with Crippen molar-refractivity contribution in [1.82, 2.24) is 14.9 Å². The molecule has 0 aliphatic carbocycles. The van der Waals surface area contributed by atoms with E-state index in [1.54, 1.807) is 12.1 Å². The molecule has 3 aromatic rings. The molecule has 0 fully saturated rings. The van der Waals surface area contributed by atoms with Gasteiger partial charge in [0.2, 0.25) is 11.7 Å².